The summed E-state index contributed by atoms with van der Waals surface area (Å²) in [4.78, 5) is 0. The molecule has 0 aliphatic heterocycles. The average Bonchev–Trinajstić information content (AvgIpc) is 2.55. The van der Waals surface area contributed by atoms with Crippen molar-refractivity contribution in [1.29, 1.82) is 0 Å². The van der Waals surface area contributed by atoms with Crippen molar-refractivity contribution in [1.82, 2.24) is 0 Å². The zero-order chi connectivity index (χ0) is 14.2. The van der Waals surface area contributed by atoms with Crippen LogP contribution in [0.15, 0.2) is 78.9 Å². The van der Waals surface area contributed by atoms with Crippen molar-refractivity contribution in [3.63, 3.8) is 0 Å². The summed E-state index contributed by atoms with van der Waals surface area (Å²) in [6.07, 6.45) is 0. The van der Waals surface area contributed by atoms with E-state index in [2.05, 4.69) is 89.1 Å². The Morgan fingerprint density at radius 1 is 0.571 bits per heavy atom. The van der Waals surface area contributed by atoms with Crippen LogP contribution in [0.5, 0.6) is 0 Å². The van der Waals surface area contributed by atoms with Crippen molar-refractivity contribution >= 4 is 37.0 Å². The fraction of sp³-hybridized carbons (Fsp3) is 0. The molecule has 0 nitrogen and oxygen atoms in total. The van der Waals surface area contributed by atoms with Crippen molar-refractivity contribution in [2.24, 2.45) is 0 Å². The lowest BCUT2D eigenvalue weighted by Gasteiger charge is -2.11. The number of hydrogen-bond donors (Lipinski definition) is 0. The molecule has 1 heteroatoms. The molecule has 0 unspecified atom stereocenters. The third-order valence-corrected chi connectivity index (χ3v) is 4.30. The van der Waals surface area contributed by atoms with Gasteiger partial charge in [-0.2, -0.15) is 0 Å². The summed E-state index contributed by atoms with van der Waals surface area (Å²) in [5, 5.41) is 6.32. The summed E-state index contributed by atoms with van der Waals surface area (Å²) in [7, 11) is 3.56. The zero-order valence-electron chi connectivity index (χ0n) is 11.5. The highest BCUT2D eigenvalue weighted by molar-refractivity contribution is 6.32. The van der Waals surface area contributed by atoms with Gasteiger partial charge >= 0.3 is 0 Å². The lowest BCUT2D eigenvalue weighted by atomic mass is 9.93. The van der Waals surface area contributed by atoms with Gasteiger partial charge in [-0.1, -0.05) is 78.0 Å². The van der Waals surface area contributed by atoms with Crippen LogP contribution in [0.2, 0.25) is 0 Å². The van der Waals surface area contributed by atoms with Gasteiger partial charge in [0.05, 0.1) is 10.2 Å². The van der Waals surface area contributed by atoms with E-state index in [1.807, 2.05) is 0 Å². The fourth-order valence-corrected chi connectivity index (χ4v) is 3.11. The summed E-state index contributed by atoms with van der Waals surface area (Å²) in [5.74, 6) is 0. The smallest absolute Gasteiger partial charge is 0.0673 e. The minimum atomic E-state index is 1.10. The van der Waals surface area contributed by atoms with Crippen LogP contribution < -0.4 is 5.19 Å². The predicted octanol–water partition coefficient (Wildman–Crippen LogP) is 4.45. The lowest BCUT2D eigenvalue weighted by molar-refractivity contribution is 1.69. The van der Waals surface area contributed by atoms with Crippen LogP contribution in [0.1, 0.15) is 0 Å². The van der Waals surface area contributed by atoms with E-state index in [-0.39, 0.29) is 0 Å². The Labute approximate surface area is 127 Å². The van der Waals surface area contributed by atoms with Crippen molar-refractivity contribution in [3.05, 3.63) is 78.9 Å². The second kappa shape index (κ2) is 4.87. The van der Waals surface area contributed by atoms with Crippen molar-refractivity contribution in [3.8, 4) is 11.1 Å². The average molecular weight is 281 g/mol. The lowest BCUT2D eigenvalue weighted by Crippen LogP contribution is -1.99. The van der Waals surface area contributed by atoms with Gasteiger partial charge < -0.3 is 0 Å². The molecule has 0 atom stereocenters. The molecule has 0 N–H and O–H groups in total. The van der Waals surface area contributed by atoms with E-state index >= 15 is 0 Å². The molecule has 0 spiro atoms. The minimum absolute atomic E-state index is 1.10. The summed E-state index contributed by atoms with van der Waals surface area (Å²) in [6, 6.07) is 28.0. The Bertz CT molecular complexity index is 937. The SMILES string of the molecule is [Si]c1ccc(-c2cc3ccccc3c3ccccc23)cc1. The summed E-state index contributed by atoms with van der Waals surface area (Å²) < 4.78 is 0. The van der Waals surface area contributed by atoms with E-state index in [1.54, 1.807) is 0 Å². The van der Waals surface area contributed by atoms with Crippen LogP contribution in [0, 0.1) is 0 Å². The van der Waals surface area contributed by atoms with Crippen LogP contribution in [-0.2, 0) is 0 Å². The van der Waals surface area contributed by atoms with Gasteiger partial charge in [0, 0.05) is 0 Å². The molecule has 97 valence electrons. The molecule has 21 heavy (non-hydrogen) atoms. The highest BCUT2D eigenvalue weighted by atomic mass is 28.1. The molecule has 0 saturated heterocycles. The largest absolute Gasteiger partial charge is 0.0711 e. The zero-order valence-corrected chi connectivity index (χ0v) is 12.5. The molecule has 4 rings (SSSR count). The number of benzene rings is 4. The van der Waals surface area contributed by atoms with Gasteiger partial charge in [-0.15, -0.1) is 0 Å². The highest BCUT2D eigenvalue weighted by Crippen LogP contribution is 2.34. The van der Waals surface area contributed by atoms with Crippen LogP contribution in [0.3, 0.4) is 0 Å². The molecule has 0 aliphatic rings. The van der Waals surface area contributed by atoms with E-state index in [0.29, 0.717) is 0 Å². The summed E-state index contributed by atoms with van der Waals surface area (Å²) >= 11 is 0. The summed E-state index contributed by atoms with van der Waals surface area (Å²) in [5.41, 5.74) is 2.54. The first-order valence-electron chi connectivity index (χ1n) is 7.05. The van der Waals surface area contributed by atoms with Crippen LogP contribution in [0.25, 0.3) is 32.7 Å². The van der Waals surface area contributed by atoms with E-state index in [9.17, 15) is 0 Å². The Balaban J connectivity index is 2.13. The number of fused-ring (bicyclic) bond motifs is 3. The minimum Gasteiger partial charge on any atom is -0.0673 e. The number of hydrogen-bond acceptors (Lipinski definition) is 0. The fourth-order valence-electron chi connectivity index (χ4n) is 2.94. The Kier molecular flexibility index (Phi) is 2.87. The van der Waals surface area contributed by atoms with Crippen LogP contribution in [0.4, 0.5) is 0 Å². The molecule has 0 amide bonds. The third kappa shape index (κ3) is 2.06. The van der Waals surface area contributed by atoms with Gasteiger partial charge in [-0.05, 0) is 38.7 Å². The van der Waals surface area contributed by atoms with Gasteiger partial charge in [0.25, 0.3) is 0 Å². The molecular formula is C20H13Si. The van der Waals surface area contributed by atoms with Crippen molar-refractivity contribution in [2.45, 2.75) is 0 Å². The highest BCUT2D eigenvalue weighted by Gasteiger charge is 2.07. The quantitative estimate of drug-likeness (QED) is 0.357. The Morgan fingerprint density at radius 2 is 1.19 bits per heavy atom. The van der Waals surface area contributed by atoms with E-state index < -0.39 is 0 Å². The maximum atomic E-state index is 3.56. The summed E-state index contributed by atoms with van der Waals surface area (Å²) in [6.45, 7) is 0. The molecule has 4 aromatic carbocycles. The predicted molar refractivity (Wildman–Crippen MR) is 92.3 cm³/mol. The van der Waals surface area contributed by atoms with Crippen molar-refractivity contribution in [2.75, 3.05) is 0 Å². The Morgan fingerprint density at radius 3 is 1.95 bits per heavy atom. The number of rotatable bonds is 1. The molecule has 0 bridgehead atoms. The second-order valence-electron chi connectivity index (χ2n) is 5.27. The van der Waals surface area contributed by atoms with Gasteiger partial charge in [-0.3, -0.25) is 0 Å². The van der Waals surface area contributed by atoms with E-state index in [1.165, 1.54) is 32.7 Å². The van der Waals surface area contributed by atoms with Gasteiger partial charge in [0.1, 0.15) is 0 Å². The van der Waals surface area contributed by atoms with E-state index in [0.717, 1.165) is 5.19 Å². The van der Waals surface area contributed by atoms with Gasteiger partial charge in [0.2, 0.25) is 0 Å². The maximum Gasteiger partial charge on any atom is 0.0711 e. The molecule has 0 heterocycles. The molecule has 0 aromatic heterocycles. The van der Waals surface area contributed by atoms with E-state index in [4.69, 9.17) is 0 Å². The molecule has 3 radical (unpaired) electrons. The van der Waals surface area contributed by atoms with Gasteiger partial charge in [0.15, 0.2) is 0 Å². The Hall–Kier alpha value is -2.38. The monoisotopic (exact) mass is 281 g/mol. The normalized spacial score (nSPS) is 11.1. The van der Waals surface area contributed by atoms with Crippen LogP contribution in [-0.4, -0.2) is 10.2 Å². The molecular weight excluding hydrogens is 268 g/mol. The first-order valence-corrected chi connectivity index (χ1v) is 7.55. The molecule has 0 fully saturated rings. The van der Waals surface area contributed by atoms with Crippen molar-refractivity contribution < 1.29 is 0 Å². The third-order valence-electron chi connectivity index (χ3n) is 3.96. The standard InChI is InChI=1S/C20H13Si/c21-16-11-9-14(10-12-16)20-13-15-5-1-2-6-17(15)18-7-3-4-8-19(18)20/h1-13H. The molecule has 0 saturated carbocycles. The maximum absolute atomic E-state index is 3.56. The first-order chi connectivity index (χ1) is 10.3. The van der Waals surface area contributed by atoms with Gasteiger partial charge in [-0.25, -0.2) is 0 Å². The second-order valence-corrected chi connectivity index (χ2v) is 5.85. The first kappa shape index (κ1) is 12.4. The topological polar surface area (TPSA) is 0 Å². The van der Waals surface area contributed by atoms with Crippen LogP contribution >= 0.6 is 0 Å². The molecule has 0 aliphatic carbocycles. The molecule has 4 aromatic rings.